The summed E-state index contributed by atoms with van der Waals surface area (Å²) in [5, 5.41) is 6.56. The van der Waals surface area contributed by atoms with Gasteiger partial charge in [0.05, 0.1) is 15.6 Å². The zero-order valence-corrected chi connectivity index (χ0v) is 21.8. The van der Waals surface area contributed by atoms with Gasteiger partial charge in [0.1, 0.15) is 35.8 Å². The monoisotopic (exact) mass is 556 g/mol. The van der Waals surface area contributed by atoms with Crippen molar-refractivity contribution in [2.75, 3.05) is 19.8 Å². The summed E-state index contributed by atoms with van der Waals surface area (Å²) in [5.41, 5.74) is -0.989. The molecular weight excluding hydrogens is 529 g/mol. The predicted octanol–water partition coefficient (Wildman–Crippen LogP) is 4.82. The van der Waals surface area contributed by atoms with Crippen molar-refractivity contribution < 1.29 is 32.6 Å². The molecule has 0 aromatic heterocycles. The maximum atomic E-state index is 13.6. The standard InChI is InChI=1S/C26H28Cl2F2N2O5/c1-16(33)37-23-14-25(31-10-11-35-17-2-4-19(27)21(29)12-17)6-8-26(23,9-7-25)32-24(34)15-36-18-3-5-20(28)22(30)13-18/h2-5,12-13,23,31H,6-11,14-15H2,1H3,(H,32,34)/t23-,25?,26?/m1/s1. The van der Waals surface area contributed by atoms with Crippen LogP contribution in [-0.4, -0.2) is 48.8 Å². The summed E-state index contributed by atoms with van der Waals surface area (Å²) in [5.74, 6) is -1.43. The van der Waals surface area contributed by atoms with Crippen molar-refractivity contribution in [1.29, 1.82) is 0 Å². The average molecular weight is 557 g/mol. The van der Waals surface area contributed by atoms with Crippen molar-refractivity contribution in [3.05, 3.63) is 58.1 Å². The fourth-order valence-electron chi connectivity index (χ4n) is 5.14. The highest BCUT2D eigenvalue weighted by atomic mass is 35.5. The van der Waals surface area contributed by atoms with Crippen LogP contribution in [0.5, 0.6) is 11.5 Å². The van der Waals surface area contributed by atoms with Gasteiger partial charge in [0.2, 0.25) is 0 Å². The van der Waals surface area contributed by atoms with E-state index in [-0.39, 0.29) is 27.9 Å². The van der Waals surface area contributed by atoms with E-state index in [1.807, 2.05) is 0 Å². The van der Waals surface area contributed by atoms with Crippen LogP contribution in [0.25, 0.3) is 0 Å². The van der Waals surface area contributed by atoms with Crippen LogP contribution in [0.15, 0.2) is 36.4 Å². The molecule has 37 heavy (non-hydrogen) atoms. The Bertz CT molecular complexity index is 1160. The Kier molecular flexibility index (Phi) is 8.46. The minimum absolute atomic E-state index is 0.0336. The molecule has 3 aliphatic rings. The SMILES string of the molecule is CC(=O)O[C@@H]1CC2(NCCOc3ccc(Cl)c(F)c3)CCC1(NC(=O)COc1ccc(Cl)c(F)c1)CC2. The zero-order chi connectivity index (χ0) is 26.6. The summed E-state index contributed by atoms with van der Waals surface area (Å²) in [6.45, 7) is 1.84. The molecule has 0 radical (unpaired) electrons. The maximum absolute atomic E-state index is 13.6. The van der Waals surface area contributed by atoms with E-state index in [1.165, 1.54) is 31.2 Å². The molecular formula is C26H28Cl2F2N2O5. The fraction of sp³-hybridized carbons (Fsp3) is 0.462. The van der Waals surface area contributed by atoms with Gasteiger partial charge in [-0.2, -0.15) is 0 Å². The third-order valence-electron chi connectivity index (χ3n) is 7.01. The molecule has 7 nitrogen and oxygen atoms in total. The summed E-state index contributed by atoms with van der Waals surface area (Å²) in [4.78, 5) is 24.6. The molecule has 1 amide bonds. The minimum atomic E-state index is -0.710. The van der Waals surface area contributed by atoms with Gasteiger partial charge in [0, 0.05) is 37.6 Å². The number of nitrogens with one attached hydrogen (secondary N) is 2. The molecule has 2 aromatic carbocycles. The Morgan fingerprint density at radius 1 is 0.973 bits per heavy atom. The highest BCUT2D eigenvalue weighted by molar-refractivity contribution is 6.31. The lowest BCUT2D eigenvalue weighted by Crippen LogP contribution is -2.70. The maximum Gasteiger partial charge on any atom is 0.302 e. The molecule has 2 N–H and O–H groups in total. The van der Waals surface area contributed by atoms with E-state index in [9.17, 15) is 18.4 Å². The van der Waals surface area contributed by atoms with Crippen molar-refractivity contribution in [2.24, 2.45) is 0 Å². The van der Waals surface area contributed by atoms with Gasteiger partial charge in [0.25, 0.3) is 5.91 Å². The quantitative estimate of drug-likeness (QED) is 0.322. The van der Waals surface area contributed by atoms with Crippen LogP contribution >= 0.6 is 23.2 Å². The van der Waals surface area contributed by atoms with Crippen molar-refractivity contribution in [3.63, 3.8) is 0 Å². The number of halogens is 4. The van der Waals surface area contributed by atoms with Crippen LogP contribution < -0.4 is 20.1 Å². The number of hydrogen-bond donors (Lipinski definition) is 2. The van der Waals surface area contributed by atoms with Gasteiger partial charge in [0.15, 0.2) is 6.61 Å². The number of benzene rings is 2. The second-order valence-corrected chi connectivity index (χ2v) is 10.3. The molecule has 2 aromatic rings. The lowest BCUT2D eigenvalue weighted by atomic mass is 9.59. The number of amides is 1. The van der Waals surface area contributed by atoms with E-state index in [0.29, 0.717) is 38.2 Å². The van der Waals surface area contributed by atoms with Crippen molar-refractivity contribution in [1.82, 2.24) is 10.6 Å². The van der Waals surface area contributed by atoms with Gasteiger partial charge >= 0.3 is 5.97 Å². The van der Waals surface area contributed by atoms with Gasteiger partial charge < -0.3 is 24.8 Å². The molecule has 0 unspecified atom stereocenters. The summed E-state index contributed by atoms with van der Waals surface area (Å²) >= 11 is 11.4. The normalized spacial score (nSPS) is 24.4. The van der Waals surface area contributed by atoms with Gasteiger partial charge in [-0.1, -0.05) is 23.2 Å². The molecule has 0 spiro atoms. The molecule has 0 saturated heterocycles. The third kappa shape index (κ3) is 6.64. The van der Waals surface area contributed by atoms with Crippen molar-refractivity contribution in [2.45, 2.75) is 56.2 Å². The van der Waals surface area contributed by atoms with Crippen LogP contribution in [-0.2, 0) is 14.3 Å². The summed E-state index contributed by atoms with van der Waals surface area (Å²) < 4.78 is 44.0. The third-order valence-corrected chi connectivity index (χ3v) is 7.62. The smallest absolute Gasteiger partial charge is 0.302 e. The lowest BCUT2D eigenvalue weighted by molar-refractivity contribution is -0.163. The average Bonchev–Trinajstić information content (AvgIpc) is 2.85. The van der Waals surface area contributed by atoms with E-state index >= 15 is 0 Å². The van der Waals surface area contributed by atoms with Crippen LogP contribution in [0.4, 0.5) is 8.78 Å². The van der Waals surface area contributed by atoms with E-state index < -0.39 is 35.2 Å². The molecule has 2 bridgehead atoms. The van der Waals surface area contributed by atoms with Crippen LogP contribution in [0.1, 0.15) is 39.0 Å². The summed E-state index contributed by atoms with van der Waals surface area (Å²) in [6.07, 6.45) is 2.70. The van der Waals surface area contributed by atoms with Gasteiger partial charge in [-0.25, -0.2) is 8.78 Å². The summed E-state index contributed by atoms with van der Waals surface area (Å²) in [7, 11) is 0. The molecule has 3 aliphatic carbocycles. The van der Waals surface area contributed by atoms with Gasteiger partial charge in [-0.3, -0.25) is 9.59 Å². The number of ether oxygens (including phenoxy) is 3. The molecule has 0 heterocycles. The Labute approximate surface area is 223 Å². The Hall–Kier alpha value is -2.62. The second-order valence-electron chi connectivity index (χ2n) is 9.50. The fourth-order valence-corrected chi connectivity index (χ4v) is 5.38. The zero-order valence-electron chi connectivity index (χ0n) is 20.3. The minimum Gasteiger partial charge on any atom is -0.492 e. The first kappa shape index (κ1) is 27.4. The molecule has 1 atom stereocenters. The van der Waals surface area contributed by atoms with E-state index in [1.54, 1.807) is 6.07 Å². The van der Waals surface area contributed by atoms with E-state index in [2.05, 4.69) is 10.6 Å². The number of fused-ring (bicyclic) bond motifs is 3. The number of rotatable bonds is 10. The van der Waals surface area contributed by atoms with E-state index in [0.717, 1.165) is 18.9 Å². The number of carbonyl (C=O) groups is 2. The van der Waals surface area contributed by atoms with Crippen LogP contribution in [0, 0.1) is 11.6 Å². The van der Waals surface area contributed by atoms with Gasteiger partial charge in [-0.05, 0) is 49.9 Å². The lowest BCUT2D eigenvalue weighted by Gasteiger charge is -2.57. The topological polar surface area (TPSA) is 85.9 Å². The molecule has 11 heteroatoms. The number of hydrogen-bond acceptors (Lipinski definition) is 6. The van der Waals surface area contributed by atoms with Crippen LogP contribution in [0.3, 0.4) is 0 Å². The first-order chi connectivity index (χ1) is 17.6. The van der Waals surface area contributed by atoms with Crippen molar-refractivity contribution in [3.8, 4) is 11.5 Å². The molecule has 3 saturated carbocycles. The first-order valence-electron chi connectivity index (χ1n) is 12.0. The highest BCUT2D eigenvalue weighted by Crippen LogP contribution is 2.48. The molecule has 3 fully saturated rings. The molecule has 200 valence electrons. The predicted molar refractivity (Wildman–Crippen MR) is 134 cm³/mol. The number of carbonyl (C=O) groups excluding carboxylic acids is 2. The number of esters is 1. The van der Waals surface area contributed by atoms with E-state index in [4.69, 9.17) is 37.4 Å². The second kappa shape index (κ2) is 11.4. The molecule has 0 aliphatic heterocycles. The first-order valence-corrected chi connectivity index (χ1v) is 12.7. The molecule has 5 rings (SSSR count). The highest BCUT2D eigenvalue weighted by Gasteiger charge is 2.56. The Balaban J connectivity index is 1.33. The Morgan fingerprint density at radius 2 is 1.57 bits per heavy atom. The van der Waals surface area contributed by atoms with Crippen molar-refractivity contribution >= 4 is 35.1 Å². The van der Waals surface area contributed by atoms with Gasteiger partial charge in [-0.15, -0.1) is 0 Å². The summed E-state index contributed by atoms with van der Waals surface area (Å²) in [6, 6.07) is 8.23. The Morgan fingerprint density at radius 3 is 2.14 bits per heavy atom. The largest absolute Gasteiger partial charge is 0.492 e. The van der Waals surface area contributed by atoms with Crippen LogP contribution in [0.2, 0.25) is 10.0 Å².